The number of nitrogens with one attached hydrogen (secondary N) is 1. The monoisotopic (exact) mass is 267 g/mol. The van der Waals surface area contributed by atoms with E-state index in [4.69, 9.17) is 5.21 Å². The van der Waals surface area contributed by atoms with Crippen LogP contribution in [0.25, 0.3) is 0 Å². The second-order valence-electron chi connectivity index (χ2n) is 3.06. The molecule has 0 fully saturated rings. The highest BCUT2D eigenvalue weighted by Crippen LogP contribution is 2.21. The van der Waals surface area contributed by atoms with Gasteiger partial charge in [0, 0.05) is 5.38 Å². The number of nitrogens with zero attached hydrogens (tertiary/aromatic N) is 2. The van der Waals surface area contributed by atoms with Gasteiger partial charge in [0.1, 0.15) is 17.8 Å². The zero-order valence-corrected chi connectivity index (χ0v) is 9.39. The smallest absolute Gasteiger partial charge is 0.397 e. The fourth-order valence-corrected chi connectivity index (χ4v) is 1.66. The number of hydrogen-bond donors (Lipinski definition) is 2. The molecule has 1 rings (SSSR count). The van der Waals surface area contributed by atoms with E-state index in [-0.39, 0.29) is 10.8 Å². The molecule has 0 aliphatic heterocycles. The number of alkyl halides is 3. The number of carbonyl (C=O) groups excluding carboxylic acids is 1. The van der Waals surface area contributed by atoms with E-state index in [1.165, 1.54) is 12.3 Å². The fourth-order valence-electron chi connectivity index (χ4n) is 0.894. The Hall–Kier alpha value is -1.64. The molecule has 1 aromatic rings. The highest BCUT2D eigenvalue weighted by Gasteiger charge is 2.31. The van der Waals surface area contributed by atoms with Crippen LogP contribution in [0.3, 0.4) is 0 Å². The summed E-state index contributed by atoms with van der Waals surface area (Å²) in [7, 11) is 0. The van der Waals surface area contributed by atoms with E-state index in [9.17, 15) is 18.0 Å². The minimum absolute atomic E-state index is 0.0252. The molecule has 2 N–H and O–H groups in total. The quantitative estimate of drug-likeness (QED) is 0.501. The Kier molecular flexibility index (Phi) is 4.05. The van der Waals surface area contributed by atoms with Gasteiger partial charge < -0.3 is 10.5 Å². The Morgan fingerprint density at radius 3 is 2.82 bits per heavy atom. The number of carbonyl (C=O) groups is 1. The van der Waals surface area contributed by atoms with E-state index in [1.807, 2.05) is 5.32 Å². The predicted molar refractivity (Wildman–Crippen MR) is 55.4 cm³/mol. The molecule has 0 unspecified atom stereocenters. The van der Waals surface area contributed by atoms with Crippen LogP contribution in [0.15, 0.2) is 10.5 Å². The lowest BCUT2D eigenvalue weighted by molar-refractivity contribution is -0.150. The molecule has 9 heteroatoms. The third-order valence-corrected chi connectivity index (χ3v) is 2.39. The fraction of sp³-hybridized carbons (Fsp3) is 0.375. The number of amides is 1. The van der Waals surface area contributed by atoms with Crippen LogP contribution in [0.1, 0.15) is 19.0 Å². The number of thiazole rings is 1. The van der Waals surface area contributed by atoms with Crippen molar-refractivity contribution < 1.29 is 23.2 Å². The summed E-state index contributed by atoms with van der Waals surface area (Å²) in [6.45, 7) is 1.47. The van der Waals surface area contributed by atoms with Crippen molar-refractivity contribution in [2.24, 2.45) is 5.16 Å². The van der Waals surface area contributed by atoms with E-state index in [0.29, 0.717) is 5.69 Å². The first-order valence-electron chi connectivity index (χ1n) is 4.33. The van der Waals surface area contributed by atoms with Crippen LogP contribution < -0.4 is 5.32 Å². The third-order valence-electron chi connectivity index (χ3n) is 1.63. The summed E-state index contributed by atoms with van der Waals surface area (Å²) >= 11 is 0.945. The Bertz CT molecular complexity index is 441. The first kappa shape index (κ1) is 13.4. The van der Waals surface area contributed by atoms with Crippen molar-refractivity contribution in [1.29, 1.82) is 0 Å². The minimum Gasteiger partial charge on any atom is -0.411 e. The van der Waals surface area contributed by atoms with E-state index in [2.05, 4.69) is 10.1 Å². The van der Waals surface area contributed by atoms with Crippen LogP contribution in [0.5, 0.6) is 0 Å². The highest BCUT2D eigenvalue weighted by molar-refractivity contribution is 7.14. The average molecular weight is 267 g/mol. The van der Waals surface area contributed by atoms with Crippen molar-refractivity contribution in [3.05, 3.63) is 11.1 Å². The summed E-state index contributed by atoms with van der Waals surface area (Å²) < 4.78 is 35.6. The molecule has 0 bridgehead atoms. The maximum atomic E-state index is 11.9. The minimum atomic E-state index is -4.55. The molecule has 1 heterocycles. The van der Waals surface area contributed by atoms with E-state index < -0.39 is 18.5 Å². The number of hydrogen-bond acceptors (Lipinski definition) is 5. The van der Waals surface area contributed by atoms with Crippen molar-refractivity contribution >= 4 is 28.1 Å². The molecule has 0 atom stereocenters. The molecule has 1 amide bonds. The van der Waals surface area contributed by atoms with Gasteiger partial charge >= 0.3 is 6.18 Å². The molecule has 5 nitrogen and oxygen atoms in total. The summed E-state index contributed by atoms with van der Waals surface area (Å²) in [6, 6.07) is 0. The van der Waals surface area contributed by atoms with Gasteiger partial charge in [-0.1, -0.05) is 5.16 Å². The largest absolute Gasteiger partial charge is 0.411 e. The molecule has 0 aliphatic rings. The van der Waals surface area contributed by atoms with Gasteiger partial charge in [0.25, 0.3) is 0 Å². The van der Waals surface area contributed by atoms with Crippen LogP contribution >= 0.6 is 11.3 Å². The molecule has 17 heavy (non-hydrogen) atoms. The van der Waals surface area contributed by atoms with Gasteiger partial charge in [-0.3, -0.25) is 4.79 Å². The van der Waals surface area contributed by atoms with Gasteiger partial charge in [-0.05, 0) is 6.92 Å². The number of aromatic nitrogens is 1. The first-order valence-corrected chi connectivity index (χ1v) is 5.21. The van der Waals surface area contributed by atoms with E-state index in [0.717, 1.165) is 11.3 Å². The van der Waals surface area contributed by atoms with Crippen LogP contribution in [-0.4, -0.2) is 28.0 Å². The van der Waals surface area contributed by atoms with Crippen LogP contribution in [0.2, 0.25) is 0 Å². The van der Waals surface area contributed by atoms with Gasteiger partial charge in [-0.25, -0.2) is 4.98 Å². The summed E-state index contributed by atoms with van der Waals surface area (Å²) in [6.07, 6.45) is -6.11. The zero-order chi connectivity index (χ0) is 13.1. The van der Waals surface area contributed by atoms with Crippen molar-refractivity contribution in [1.82, 2.24) is 4.98 Å². The molecule has 94 valence electrons. The molecule has 1 aromatic heterocycles. The lowest BCUT2D eigenvalue weighted by Crippen LogP contribution is -2.21. The Balaban J connectivity index is 2.64. The average Bonchev–Trinajstić information content (AvgIpc) is 2.62. The summed E-state index contributed by atoms with van der Waals surface area (Å²) in [5, 5.41) is 14.8. The highest BCUT2D eigenvalue weighted by atomic mass is 32.1. The number of oxime groups is 1. The van der Waals surface area contributed by atoms with Gasteiger partial charge in [-0.15, -0.1) is 11.3 Å². The van der Waals surface area contributed by atoms with Gasteiger partial charge in [0.15, 0.2) is 5.13 Å². The molecular formula is C8H8F3N3O2S. The van der Waals surface area contributed by atoms with Crippen molar-refractivity contribution in [3.8, 4) is 0 Å². The van der Waals surface area contributed by atoms with Crippen LogP contribution in [0.4, 0.5) is 18.3 Å². The van der Waals surface area contributed by atoms with E-state index in [1.54, 1.807) is 0 Å². The standard InChI is InChI=1S/C8H8F3N3O2S/c1-4(14-16)5-3-17-7(12-5)13-6(15)2-8(9,10)11/h3,16H,2H2,1H3,(H,12,13,15)/b14-4+. The Morgan fingerprint density at radius 1 is 1.65 bits per heavy atom. The molecule has 0 aromatic carbocycles. The molecule has 0 saturated carbocycles. The van der Waals surface area contributed by atoms with Gasteiger partial charge in [-0.2, -0.15) is 13.2 Å². The second kappa shape index (κ2) is 5.13. The predicted octanol–water partition coefficient (Wildman–Crippen LogP) is 2.23. The van der Waals surface area contributed by atoms with Crippen molar-refractivity contribution in [3.63, 3.8) is 0 Å². The Labute approximate surface area is 98.0 Å². The number of halogens is 3. The van der Waals surface area contributed by atoms with Gasteiger partial charge in [0.2, 0.25) is 5.91 Å². The Morgan fingerprint density at radius 2 is 2.29 bits per heavy atom. The van der Waals surface area contributed by atoms with Crippen LogP contribution in [-0.2, 0) is 4.79 Å². The molecular weight excluding hydrogens is 259 g/mol. The maximum absolute atomic E-state index is 11.9. The maximum Gasteiger partial charge on any atom is 0.397 e. The molecule has 0 radical (unpaired) electrons. The second-order valence-corrected chi connectivity index (χ2v) is 3.92. The topological polar surface area (TPSA) is 74.6 Å². The summed E-state index contributed by atoms with van der Waals surface area (Å²) in [4.78, 5) is 14.7. The van der Waals surface area contributed by atoms with Gasteiger partial charge in [0.05, 0.1) is 0 Å². The first-order chi connectivity index (χ1) is 7.81. The molecule has 0 saturated heterocycles. The third kappa shape index (κ3) is 4.39. The summed E-state index contributed by atoms with van der Waals surface area (Å²) in [5.74, 6) is -1.18. The van der Waals surface area contributed by atoms with E-state index >= 15 is 0 Å². The van der Waals surface area contributed by atoms with Crippen molar-refractivity contribution in [2.75, 3.05) is 5.32 Å². The normalized spacial score (nSPS) is 12.6. The molecule has 0 aliphatic carbocycles. The number of anilines is 1. The lowest BCUT2D eigenvalue weighted by atomic mass is 10.3. The summed E-state index contributed by atoms with van der Waals surface area (Å²) in [5.41, 5.74) is 0.498. The lowest BCUT2D eigenvalue weighted by Gasteiger charge is -2.04. The van der Waals surface area contributed by atoms with Crippen LogP contribution in [0, 0.1) is 0 Å². The molecule has 0 spiro atoms. The van der Waals surface area contributed by atoms with Crippen molar-refractivity contribution in [2.45, 2.75) is 19.5 Å². The number of rotatable bonds is 3. The SMILES string of the molecule is C/C(=N\O)c1csc(NC(=O)CC(F)(F)F)n1. The zero-order valence-electron chi connectivity index (χ0n) is 8.58.